The molecule has 0 fully saturated rings. The highest BCUT2D eigenvalue weighted by molar-refractivity contribution is 7.32. The standard InChI is InChI=1S/C12H10.C6H5O3P/c1-3-7-11(8-4-1)12-9-5-2-6-10-12;7-10(8)9-6-4-2-1-3-5-6/h1-10H;1-5H/p+1. The van der Waals surface area contributed by atoms with Crippen LogP contribution in [-0.2, 0) is 4.57 Å². The van der Waals surface area contributed by atoms with E-state index in [9.17, 15) is 4.57 Å². The van der Waals surface area contributed by atoms with Crippen molar-refractivity contribution < 1.29 is 14.0 Å². The zero-order valence-corrected chi connectivity index (χ0v) is 12.8. The van der Waals surface area contributed by atoms with Gasteiger partial charge in [0.05, 0.1) is 0 Å². The summed E-state index contributed by atoms with van der Waals surface area (Å²) in [6, 6.07) is 29.3. The smallest absolute Gasteiger partial charge is 0.229 e. The van der Waals surface area contributed by atoms with Crippen LogP contribution in [0.1, 0.15) is 0 Å². The number of hydrogen-bond acceptors (Lipinski definition) is 2. The van der Waals surface area contributed by atoms with Crippen LogP contribution in [0.4, 0.5) is 0 Å². The van der Waals surface area contributed by atoms with E-state index in [1.165, 1.54) is 11.1 Å². The maximum atomic E-state index is 10.1. The van der Waals surface area contributed by atoms with Gasteiger partial charge in [-0.2, -0.15) is 0 Å². The third-order valence-corrected chi connectivity index (χ3v) is 3.17. The molecule has 22 heavy (non-hydrogen) atoms. The fourth-order valence-electron chi connectivity index (χ4n) is 1.83. The molecule has 0 aliphatic rings. The molecule has 3 aromatic rings. The quantitative estimate of drug-likeness (QED) is 0.687. The van der Waals surface area contributed by atoms with E-state index in [2.05, 4.69) is 53.1 Å². The summed E-state index contributed by atoms with van der Waals surface area (Å²) in [5.41, 5.74) is 2.55. The lowest BCUT2D eigenvalue weighted by molar-refractivity contribution is 0.410. The van der Waals surface area contributed by atoms with E-state index in [4.69, 9.17) is 4.89 Å². The molecule has 1 atom stereocenters. The summed E-state index contributed by atoms with van der Waals surface area (Å²) in [6.45, 7) is 0. The van der Waals surface area contributed by atoms with Crippen molar-refractivity contribution in [1.82, 2.24) is 0 Å². The molecule has 0 aliphatic heterocycles. The molecule has 0 radical (unpaired) electrons. The van der Waals surface area contributed by atoms with E-state index in [0.29, 0.717) is 5.75 Å². The van der Waals surface area contributed by atoms with Crippen molar-refractivity contribution in [3.8, 4) is 16.9 Å². The highest BCUT2D eigenvalue weighted by atomic mass is 31.1. The van der Waals surface area contributed by atoms with Crippen LogP contribution in [0.2, 0.25) is 0 Å². The second-order valence-electron chi connectivity index (χ2n) is 4.37. The van der Waals surface area contributed by atoms with Crippen molar-refractivity contribution in [2.45, 2.75) is 0 Å². The fourth-order valence-corrected chi connectivity index (χ4v) is 2.13. The zero-order valence-electron chi connectivity index (χ0n) is 11.9. The molecule has 0 saturated heterocycles. The monoisotopic (exact) mass is 311 g/mol. The summed E-state index contributed by atoms with van der Waals surface area (Å²) >= 11 is 0. The predicted octanol–water partition coefficient (Wildman–Crippen LogP) is 5.07. The van der Waals surface area contributed by atoms with Gasteiger partial charge in [-0.25, -0.2) is 4.52 Å². The van der Waals surface area contributed by atoms with E-state index in [-0.39, 0.29) is 0 Å². The van der Waals surface area contributed by atoms with Crippen LogP contribution in [0.5, 0.6) is 5.75 Å². The summed E-state index contributed by atoms with van der Waals surface area (Å²) in [6.07, 6.45) is 0. The molecule has 0 spiro atoms. The maximum Gasteiger partial charge on any atom is 0.747 e. The van der Waals surface area contributed by atoms with Gasteiger partial charge in [-0.1, -0.05) is 78.9 Å². The molecule has 110 valence electrons. The molecule has 4 heteroatoms. The van der Waals surface area contributed by atoms with Crippen LogP contribution >= 0.6 is 8.25 Å². The zero-order chi connectivity index (χ0) is 15.6. The van der Waals surface area contributed by atoms with E-state index < -0.39 is 8.25 Å². The normalized spacial score (nSPS) is 10.1. The van der Waals surface area contributed by atoms with Crippen LogP contribution in [-0.4, -0.2) is 4.89 Å². The largest absolute Gasteiger partial charge is 0.747 e. The molecule has 3 nitrogen and oxygen atoms in total. The summed E-state index contributed by atoms with van der Waals surface area (Å²) < 4.78 is 14.6. The number of benzene rings is 3. The Morgan fingerprint density at radius 1 is 0.636 bits per heavy atom. The Morgan fingerprint density at radius 2 is 1.00 bits per heavy atom. The molecule has 0 saturated carbocycles. The topological polar surface area (TPSA) is 46.5 Å². The fraction of sp³-hybridized carbons (Fsp3) is 0. The highest BCUT2D eigenvalue weighted by Crippen LogP contribution is 2.21. The molecule has 0 heterocycles. The summed E-state index contributed by atoms with van der Waals surface area (Å²) in [5.74, 6) is 0.408. The summed E-state index contributed by atoms with van der Waals surface area (Å²) in [7, 11) is -2.53. The number of hydrogen-bond donors (Lipinski definition) is 1. The van der Waals surface area contributed by atoms with E-state index in [1.54, 1.807) is 30.3 Å². The SMILES string of the molecule is O=[P+](O)Oc1ccccc1.c1ccc(-c2ccccc2)cc1. The highest BCUT2D eigenvalue weighted by Gasteiger charge is 2.12. The van der Waals surface area contributed by atoms with Crippen molar-refractivity contribution in [3.05, 3.63) is 91.0 Å². The Morgan fingerprint density at radius 3 is 1.36 bits per heavy atom. The minimum Gasteiger partial charge on any atom is -0.229 e. The molecular weight excluding hydrogens is 295 g/mol. The minimum atomic E-state index is -2.53. The average Bonchev–Trinajstić information content (AvgIpc) is 2.57. The lowest BCUT2D eigenvalue weighted by atomic mass is 10.1. The van der Waals surface area contributed by atoms with Gasteiger partial charge in [0.1, 0.15) is 0 Å². The Hall–Kier alpha value is -2.48. The molecule has 3 aromatic carbocycles. The molecule has 3 rings (SSSR count). The van der Waals surface area contributed by atoms with Crippen molar-refractivity contribution in [2.24, 2.45) is 0 Å². The second kappa shape index (κ2) is 8.73. The van der Waals surface area contributed by atoms with Crippen molar-refractivity contribution in [2.75, 3.05) is 0 Å². The molecule has 0 aliphatic carbocycles. The Balaban J connectivity index is 0.000000164. The van der Waals surface area contributed by atoms with Crippen LogP contribution in [0, 0.1) is 0 Å². The first-order valence-corrected chi connectivity index (χ1v) is 7.88. The molecule has 1 N–H and O–H groups in total. The first-order chi connectivity index (χ1) is 10.8. The Kier molecular flexibility index (Phi) is 6.31. The van der Waals surface area contributed by atoms with Crippen molar-refractivity contribution in [1.29, 1.82) is 0 Å². The van der Waals surface area contributed by atoms with Gasteiger partial charge in [0.2, 0.25) is 0 Å². The third-order valence-electron chi connectivity index (χ3n) is 2.81. The van der Waals surface area contributed by atoms with E-state index >= 15 is 0 Å². The molecular formula is C18H16O3P+. The van der Waals surface area contributed by atoms with Gasteiger partial charge in [-0.3, -0.25) is 0 Å². The number of para-hydroxylation sites is 1. The van der Waals surface area contributed by atoms with Gasteiger partial charge in [0.15, 0.2) is 5.75 Å². The van der Waals surface area contributed by atoms with E-state index in [0.717, 1.165) is 0 Å². The van der Waals surface area contributed by atoms with Gasteiger partial charge >= 0.3 is 8.25 Å². The second-order valence-corrected chi connectivity index (χ2v) is 5.03. The lowest BCUT2D eigenvalue weighted by Crippen LogP contribution is -1.77. The third kappa shape index (κ3) is 5.49. The van der Waals surface area contributed by atoms with Crippen molar-refractivity contribution >= 4 is 8.25 Å². The molecule has 1 unspecified atom stereocenters. The first kappa shape index (κ1) is 15.9. The van der Waals surface area contributed by atoms with E-state index in [1.807, 2.05) is 12.1 Å². The van der Waals surface area contributed by atoms with Crippen LogP contribution in [0.25, 0.3) is 11.1 Å². The lowest BCUT2D eigenvalue weighted by Gasteiger charge is -1.98. The number of rotatable bonds is 3. The van der Waals surface area contributed by atoms with Gasteiger partial charge in [-0.15, -0.1) is 4.89 Å². The van der Waals surface area contributed by atoms with Crippen LogP contribution in [0.15, 0.2) is 91.0 Å². The Bertz CT molecular complexity index is 648. The van der Waals surface area contributed by atoms with Crippen molar-refractivity contribution in [3.63, 3.8) is 0 Å². The van der Waals surface area contributed by atoms with Gasteiger partial charge < -0.3 is 0 Å². The first-order valence-electron chi connectivity index (χ1n) is 6.75. The van der Waals surface area contributed by atoms with Gasteiger partial charge in [-0.05, 0) is 23.3 Å². The van der Waals surface area contributed by atoms with Crippen LogP contribution in [0.3, 0.4) is 0 Å². The van der Waals surface area contributed by atoms with Crippen LogP contribution < -0.4 is 4.52 Å². The van der Waals surface area contributed by atoms with Gasteiger partial charge in [0, 0.05) is 4.57 Å². The summed E-state index contributed by atoms with van der Waals surface area (Å²) in [4.78, 5) is 8.29. The minimum absolute atomic E-state index is 0.408. The van der Waals surface area contributed by atoms with Gasteiger partial charge in [0.25, 0.3) is 0 Å². The molecule has 0 bridgehead atoms. The average molecular weight is 311 g/mol. The molecule has 0 amide bonds. The summed E-state index contributed by atoms with van der Waals surface area (Å²) in [5, 5.41) is 0. The Labute approximate surface area is 130 Å². The maximum absolute atomic E-state index is 10.1. The molecule has 0 aromatic heterocycles. The predicted molar refractivity (Wildman–Crippen MR) is 88.8 cm³/mol.